The Morgan fingerprint density at radius 2 is 0.933 bits per heavy atom. The van der Waals surface area contributed by atoms with E-state index in [1.54, 1.807) is 0 Å². The zero-order valence-corrected chi connectivity index (χ0v) is 37.6. The van der Waals surface area contributed by atoms with Crippen LogP contribution in [0, 0.1) is 0 Å². The number of hydrogen-bond donors (Lipinski definition) is 6. The molecule has 0 radical (unpaired) electrons. The second kappa shape index (κ2) is 36.3. The van der Waals surface area contributed by atoms with Crippen LogP contribution in [0.1, 0.15) is 174 Å². The molecule has 1 aliphatic rings. The molecule has 348 valence electrons. The quantitative estimate of drug-likeness (QED) is 0.0149. The van der Waals surface area contributed by atoms with Gasteiger partial charge < -0.3 is 39.9 Å². The van der Waals surface area contributed by atoms with Crippen LogP contribution in [0.3, 0.4) is 0 Å². The number of aliphatic hydroxyl groups is 5. The van der Waals surface area contributed by atoms with E-state index < -0.39 is 75.7 Å². The number of rotatable bonds is 37. The second-order valence-corrected chi connectivity index (χ2v) is 17.3. The summed E-state index contributed by atoms with van der Waals surface area (Å²) in [6.07, 6.45) is 28.9. The van der Waals surface area contributed by atoms with Gasteiger partial charge in [0.25, 0.3) is 0 Å². The Bertz CT molecular complexity index is 1240. The highest BCUT2D eigenvalue weighted by Gasteiger charge is 2.51. The molecule has 6 unspecified atom stereocenters. The molecule has 0 aromatic rings. The number of phosphoric acid groups is 1. The molecule has 0 saturated heterocycles. The number of aliphatic hydroxyl groups excluding tert-OH is 5. The van der Waals surface area contributed by atoms with Crippen LogP contribution in [0.5, 0.6) is 0 Å². The highest BCUT2D eigenvalue weighted by atomic mass is 31.2. The summed E-state index contributed by atoms with van der Waals surface area (Å²) < 4.78 is 33.4. The van der Waals surface area contributed by atoms with Gasteiger partial charge in [0, 0.05) is 12.8 Å². The van der Waals surface area contributed by atoms with Gasteiger partial charge in [-0.3, -0.25) is 18.6 Å². The summed E-state index contributed by atoms with van der Waals surface area (Å²) in [7, 11) is -5.13. The predicted octanol–water partition coefficient (Wildman–Crippen LogP) is 8.78. The first kappa shape index (κ1) is 55.8. The smallest absolute Gasteiger partial charge is 0.462 e. The van der Waals surface area contributed by atoms with Gasteiger partial charge in [-0.25, -0.2) is 4.57 Å². The van der Waals surface area contributed by atoms with Crippen molar-refractivity contribution in [3.8, 4) is 0 Å². The van der Waals surface area contributed by atoms with Gasteiger partial charge in [-0.05, 0) is 64.2 Å². The molecule has 0 heterocycles. The van der Waals surface area contributed by atoms with Crippen molar-refractivity contribution in [3.05, 3.63) is 48.6 Å². The van der Waals surface area contributed by atoms with Gasteiger partial charge in [0.05, 0.1) is 6.61 Å². The second-order valence-electron chi connectivity index (χ2n) is 15.9. The van der Waals surface area contributed by atoms with E-state index in [1.807, 2.05) is 12.2 Å². The number of allylic oxidation sites excluding steroid dienone is 8. The average molecular weight is 873 g/mol. The maximum absolute atomic E-state index is 12.8. The highest BCUT2D eigenvalue weighted by molar-refractivity contribution is 7.47. The van der Waals surface area contributed by atoms with Crippen LogP contribution in [0.15, 0.2) is 48.6 Å². The number of unbranched alkanes of at least 4 members (excludes halogenated alkanes) is 17. The van der Waals surface area contributed by atoms with Gasteiger partial charge >= 0.3 is 19.8 Å². The van der Waals surface area contributed by atoms with Crippen molar-refractivity contribution in [3.63, 3.8) is 0 Å². The lowest BCUT2D eigenvalue weighted by atomic mass is 9.85. The van der Waals surface area contributed by atoms with Gasteiger partial charge in [-0.2, -0.15) is 0 Å². The average Bonchev–Trinajstić information content (AvgIpc) is 3.23. The summed E-state index contributed by atoms with van der Waals surface area (Å²) >= 11 is 0. The number of esters is 2. The van der Waals surface area contributed by atoms with E-state index in [9.17, 15) is 44.6 Å². The van der Waals surface area contributed by atoms with Crippen LogP contribution < -0.4 is 0 Å². The Kier molecular flexibility index (Phi) is 33.8. The van der Waals surface area contributed by atoms with Crippen molar-refractivity contribution < 1.29 is 63.1 Å². The van der Waals surface area contributed by atoms with Gasteiger partial charge in [-0.15, -0.1) is 0 Å². The number of ether oxygens (including phenoxy) is 2. The van der Waals surface area contributed by atoms with Crippen LogP contribution in [0.2, 0.25) is 0 Å². The van der Waals surface area contributed by atoms with Gasteiger partial charge in [-0.1, -0.05) is 146 Å². The van der Waals surface area contributed by atoms with Crippen molar-refractivity contribution >= 4 is 19.8 Å². The summed E-state index contributed by atoms with van der Waals surface area (Å²) in [6, 6.07) is 0. The Morgan fingerprint density at radius 1 is 0.517 bits per heavy atom. The Balaban J connectivity index is 2.51. The molecule has 13 nitrogen and oxygen atoms in total. The molecule has 60 heavy (non-hydrogen) atoms. The molecule has 1 fully saturated rings. The van der Waals surface area contributed by atoms with Crippen molar-refractivity contribution in [1.29, 1.82) is 0 Å². The van der Waals surface area contributed by atoms with E-state index in [0.717, 1.165) is 57.8 Å². The number of carbonyl (C=O) groups is 2. The summed E-state index contributed by atoms with van der Waals surface area (Å²) in [5.74, 6) is -1.17. The van der Waals surface area contributed by atoms with E-state index in [0.29, 0.717) is 19.3 Å². The Morgan fingerprint density at radius 3 is 1.45 bits per heavy atom. The third kappa shape index (κ3) is 28.4. The third-order valence-corrected chi connectivity index (χ3v) is 11.4. The minimum atomic E-state index is -5.13. The molecular weight excluding hydrogens is 791 g/mol. The number of carbonyl (C=O) groups excluding carboxylic acids is 2. The van der Waals surface area contributed by atoms with Gasteiger partial charge in [0.1, 0.15) is 43.2 Å². The zero-order valence-electron chi connectivity index (χ0n) is 36.7. The summed E-state index contributed by atoms with van der Waals surface area (Å²) in [6.45, 7) is 3.20. The molecule has 8 atom stereocenters. The molecule has 1 rings (SSSR count). The lowest BCUT2D eigenvalue weighted by molar-refractivity contribution is -0.220. The fraction of sp³-hybridized carbons (Fsp3) is 0.783. The lowest BCUT2D eigenvalue weighted by Crippen LogP contribution is -2.64. The lowest BCUT2D eigenvalue weighted by Gasteiger charge is -2.41. The first-order valence-corrected chi connectivity index (χ1v) is 24.4. The maximum Gasteiger partial charge on any atom is 0.472 e. The van der Waals surface area contributed by atoms with Crippen molar-refractivity contribution in [1.82, 2.24) is 0 Å². The van der Waals surface area contributed by atoms with Gasteiger partial charge in [0.15, 0.2) is 6.10 Å². The van der Waals surface area contributed by atoms with Crippen molar-refractivity contribution in [2.24, 2.45) is 0 Å². The van der Waals surface area contributed by atoms with E-state index >= 15 is 0 Å². The molecule has 0 aliphatic heterocycles. The van der Waals surface area contributed by atoms with E-state index in [4.69, 9.17) is 18.5 Å². The minimum Gasteiger partial charge on any atom is -0.462 e. The fourth-order valence-electron chi connectivity index (χ4n) is 6.64. The largest absolute Gasteiger partial charge is 0.472 e. The van der Waals surface area contributed by atoms with Crippen molar-refractivity contribution in [2.45, 2.75) is 217 Å². The van der Waals surface area contributed by atoms with E-state index in [1.165, 1.54) is 70.6 Å². The number of hydrogen-bond acceptors (Lipinski definition) is 12. The molecule has 0 amide bonds. The summed E-state index contributed by atoms with van der Waals surface area (Å²) in [5.41, 5.74) is 0. The fourth-order valence-corrected chi connectivity index (χ4v) is 7.61. The molecule has 6 N–H and O–H groups in total. The zero-order chi connectivity index (χ0) is 44.3. The predicted molar refractivity (Wildman–Crippen MR) is 235 cm³/mol. The van der Waals surface area contributed by atoms with Gasteiger partial charge in [0.2, 0.25) is 0 Å². The van der Waals surface area contributed by atoms with Crippen LogP contribution in [0.4, 0.5) is 0 Å². The Hall–Kier alpha value is -2.19. The van der Waals surface area contributed by atoms with Crippen LogP contribution in [-0.4, -0.2) is 98.3 Å². The summed E-state index contributed by atoms with van der Waals surface area (Å²) in [5, 5.41) is 50.1. The normalized spacial score (nSPS) is 22.6. The minimum absolute atomic E-state index is 0.0287. The van der Waals surface area contributed by atoms with Crippen LogP contribution >= 0.6 is 7.82 Å². The topological polar surface area (TPSA) is 210 Å². The SMILES string of the molecule is CCCC/C=C/C/C=C/CCCCCCCC(=O)OC[C@H](COP(=O)(O)OC1C(O)C(O)C(O)[C@@H](O)C1O)OC(=O)CCC/C=C/C/C=C/CCCCCCCCCCC. The van der Waals surface area contributed by atoms with Crippen molar-refractivity contribution in [2.75, 3.05) is 13.2 Å². The molecule has 1 saturated carbocycles. The molecule has 0 aromatic carbocycles. The molecule has 14 heteroatoms. The maximum atomic E-state index is 12.8. The van der Waals surface area contributed by atoms with Crippen LogP contribution in [0.25, 0.3) is 0 Å². The molecule has 0 bridgehead atoms. The molecular formula is C46H81O13P. The third-order valence-electron chi connectivity index (χ3n) is 10.4. The highest BCUT2D eigenvalue weighted by Crippen LogP contribution is 2.47. The van der Waals surface area contributed by atoms with Crippen LogP contribution in [-0.2, 0) is 32.7 Å². The first-order valence-electron chi connectivity index (χ1n) is 22.9. The first-order chi connectivity index (χ1) is 28.9. The molecule has 0 aromatic heterocycles. The van der Waals surface area contributed by atoms with E-state index in [-0.39, 0.29) is 12.8 Å². The number of phosphoric ester groups is 1. The van der Waals surface area contributed by atoms with E-state index in [2.05, 4.69) is 50.3 Å². The monoisotopic (exact) mass is 873 g/mol. The summed E-state index contributed by atoms with van der Waals surface area (Å²) in [4.78, 5) is 35.6. The standard InChI is InChI=1S/C46H81O13P/c1-3-5-7-9-11-13-15-17-19-20-21-23-25-27-29-31-33-35-40(48)58-38(37-57-60(54,55)59-46-44(52)42(50)41(49)43(51)45(46)53)36-56-39(47)34-32-30-28-26-24-22-18-16-14-12-10-8-6-4-2/h10,12,16,18,21,23,27,29,38,41-46,49-53H,3-9,11,13-15,17,19-20,22,24-26,28,30-37H2,1-2H3,(H,54,55)/b12-10+,18-16+,23-21+,29-27+/t38-,41?,42-,43?,44?,45?,46?/m1/s1. The molecule has 1 aliphatic carbocycles. The molecule has 0 spiro atoms. The Labute approximate surface area is 360 Å².